The maximum Gasteiger partial charge on any atom is 0.408 e. The zero-order chi connectivity index (χ0) is 14.9. The van der Waals surface area contributed by atoms with E-state index in [1.54, 1.807) is 0 Å². The predicted octanol–water partition coefficient (Wildman–Crippen LogP) is 3.38. The molecule has 2 rings (SSSR count). The summed E-state index contributed by atoms with van der Waals surface area (Å²) in [4.78, 5) is 11.8. The zero-order valence-electron chi connectivity index (χ0n) is 12.4. The first-order valence-electron chi connectivity index (χ1n) is 6.84. The highest BCUT2D eigenvalue weighted by molar-refractivity contribution is 5.69. The van der Waals surface area contributed by atoms with Crippen molar-refractivity contribution in [3.05, 3.63) is 34.4 Å². The molecule has 1 aliphatic carbocycles. The first-order chi connectivity index (χ1) is 9.31. The SMILES string of the molecule is Cc1c(C#N)ccc2c1CC[C@@H]2NC(=O)OC(C)(C)C. The second-order valence-corrected chi connectivity index (χ2v) is 6.16. The highest BCUT2D eigenvalue weighted by atomic mass is 16.6. The van der Waals surface area contributed by atoms with Crippen molar-refractivity contribution < 1.29 is 9.53 Å². The largest absolute Gasteiger partial charge is 0.444 e. The summed E-state index contributed by atoms with van der Waals surface area (Å²) in [5.74, 6) is 0. The Labute approximate surface area is 119 Å². The third-order valence-electron chi connectivity index (χ3n) is 3.50. The van der Waals surface area contributed by atoms with Crippen LogP contribution in [0.15, 0.2) is 12.1 Å². The van der Waals surface area contributed by atoms with Crippen LogP contribution in [0.25, 0.3) is 0 Å². The summed E-state index contributed by atoms with van der Waals surface area (Å²) in [6, 6.07) is 5.94. The van der Waals surface area contributed by atoms with E-state index in [0.717, 1.165) is 24.0 Å². The number of carbonyl (C=O) groups excluding carboxylic acids is 1. The van der Waals surface area contributed by atoms with Crippen molar-refractivity contribution in [2.24, 2.45) is 0 Å². The quantitative estimate of drug-likeness (QED) is 0.852. The molecule has 0 saturated heterocycles. The first kappa shape index (κ1) is 14.4. The molecule has 1 aromatic carbocycles. The lowest BCUT2D eigenvalue weighted by molar-refractivity contribution is 0.0503. The minimum absolute atomic E-state index is 0.0220. The second-order valence-electron chi connectivity index (χ2n) is 6.16. The van der Waals surface area contributed by atoms with Gasteiger partial charge in [0.05, 0.1) is 17.7 Å². The maximum atomic E-state index is 11.8. The van der Waals surface area contributed by atoms with E-state index >= 15 is 0 Å². The topological polar surface area (TPSA) is 62.1 Å². The summed E-state index contributed by atoms with van der Waals surface area (Å²) >= 11 is 0. The molecule has 0 spiro atoms. The molecule has 20 heavy (non-hydrogen) atoms. The molecule has 1 N–H and O–H groups in total. The van der Waals surface area contributed by atoms with Gasteiger partial charge in [-0.3, -0.25) is 0 Å². The molecule has 1 atom stereocenters. The van der Waals surface area contributed by atoms with Crippen molar-refractivity contribution in [2.75, 3.05) is 0 Å². The standard InChI is InChI=1S/C16H20N2O2/c1-10-11(9-17)5-6-13-12(10)7-8-14(13)18-15(19)20-16(2,3)4/h5-6,14H,7-8H2,1-4H3,(H,18,19)/t14-/m0/s1. The van der Waals surface area contributed by atoms with E-state index in [1.165, 1.54) is 5.56 Å². The Morgan fingerprint density at radius 2 is 2.15 bits per heavy atom. The Kier molecular flexibility index (Phi) is 3.71. The molecular formula is C16H20N2O2. The smallest absolute Gasteiger partial charge is 0.408 e. The Balaban J connectivity index is 2.15. The van der Waals surface area contributed by atoms with Gasteiger partial charge >= 0.3 is 6.09 Å². The Morgan fingerprint density at radius 3 is 2.75 bits per heavy atom. The summed E-state index contributed by atoms with van der Waals surface area (Å²) in [5.41, 5.74) is 3.53. The summed E-state index contributed by atoms with van der Waals surface area (Å²) in [6.07, 6.45) is 1.35. The highest BCUT2D eigenvalue weighted by Gasteiger charge is 2.27. The molecule has 0 aliphatic heterocycles. The van der Waals surface area contributed by atoms with Crippen molar-refractivity contribution >= 4 is 6.09 Å². The number of rotatable bonds is 1. The van der Waals surface area contributed by atoms with Crippen LogP contribution < -0.4 is 5.32 Å². The zero-order valence-corrected chi connectivity index (χ0v) is 12.4. The van der Waals surface area contributed by atoms with Crippen molar-refractivity contribution in [3.63, 3.8) is 0 Å². The molecule has 0 fully saturated rings. The number of fused-ring (bicyclic) bond motifs is 1. The lowest BCUT2D eigenvalue weighted by Crippen LogP contribution is -2.34. The molecule has 0 unspecified atom stereocenters. The minimum atomic E-state index is -0.494. The molecular weight excluding hydrogens is 252 g/mol. The van der Waals surface area contributed by atoms with Crippen molar-refractivity contribution in [1.29, 1.82) is 5.26 Å². The summed E-state index contributed by atoms with van der Waals surface area (Å²) < 4.78 is 5.29. The van der Waals surface area contributed by atoms with Gasteiger partial charge in [-0.2, -0.15) is 5.26 Å². The van der Waals surface area contributed by atoms with E-state index in [0.29, 0.717) is 5.56 Å². The number of ether oxygens (including phenoxy) is 1. The first-order valence-corrected chi connectivity index (χ1v) is 6.84. The van der Waals surface area contributed by atoms with Gasteiger partial charge in [0.15, 0.2) is 0 Å². The molecule has 0 aromatic heterocycles. The minimum Gasteiger partial charge on any atom is -0.444 e. The van der Waals surface area contributed by atoms with Gasteiger partial charge in [0.1, 0.15) is 5.60 Å². The Morgan fingerprint density at radius 1 is 1.45 bits per heavy atom. The van der Waals surface area contributed by atoms with Crippen LogP contribution in [0, 0.1) is 18.3 Å². The molecule has 1 aromatic rings. The van der Waals surface area contributed by atoms with Crippen molar-refractivity contribution in [3.8, 4) is 6.07 Å². The number of carbonyl (C=O) groups is 1. The number of amides is 1. The van der Waals surface area contributed by atoms with Gasteiger partial charge in [-0.05, 0) is 63.3 Å². The average molecular weight is 272 g/mol. The molecule has 1 aliphatic rings. The van der Waals surface area contributed by atoms with Crippen LogP contribution in [0.1, 0.15) is 55.5 Å². The van der Waals surface area contributed by atoms with Gasteiger partial charge in [-0.15, -0.1) is 0 Å². The second kappa shape index (κ2) is 5.16. The van der Waals surface area contributed by atoms with Crippen molar-refractivity contribution in [1.82, 2.24) is 5.32 Å². The van der Waals surface area contributed by atoms with Crippen LogP contribution in [-0.4, -0.2) is 11.7 Å². The maximum absolute atomic E-state index is 11.8. The number of hydrogen-bond donors (Lipinski definition) is 1. The summed E-state index contributed by atoms with van der Waals surface area (Å²) in [5, 5.41) is 12.0. The normalized spacial score (nSPS) is 17.2. The van der Waals surface area contributed by atoms with Crippen LogP contribution >= 0.6 is 0 Å². The third-order valence-corrected chi connectivity index (χ3v) is 3.50. The van der Waals surface area contributed by atoms with Gasteiger partial charge in [-0.25, -0.2) is 4.79 Å². The van der Waals surface area contributed by atoms with Gasteiger partial charge in [-0.1, -0.05) is 6.07 Å². The van der Waals surface area contributed by atoms with E-state index in [1.807, 2.05) is 39.8 Å². The molecule has 0 radical (unpaired) electrons. The lowest BCUT2D eigenvalue weighted by atomic mass is 9.99. The van der Waals surface area contributed by atoms with Gasteiger partial charge in [0.25, 0.3) is 0 Å². The van der Waals surface area contributed by atoms with Gasteiger partial charge < -0.3 is 10.1 Å². The molecule has 4 heteroatoms. The highest BCUT2D eigenvalue weighted by Crippen LogP contribution is 2.34. The van der Waals surface area contributed by atoms with E-state index in [9.17, 15) is 4.79 Å². The van der Waals surface area contributed by atoms with Crippen LogP contribution in [-0.2, 0) is 11.2 Å². The van der Waals surface area contributed by atoms with E-state index < -0.39 is 11.7 Å². The number of benzene rings is 1. The summed E-state index contributed by atoms with van der Waals surface area (Å²) in [6.45, 7) is 7.50. The lowest BCUT2D eigenvalue weighted by Gasteiger charge is -2.22. The fraction of sp³-hybridized carbons (Fsp3) is 0.500. The van der Waals surface area contributed by atoms with Crippen LogP contribution in [0.2, 0.25) is 0 Å². The van der Waals surface area contributed by atoms with Gasteiger partial charge in [0, 0.05) is 0 Å². The number of nitriles is 1. The molecule has 0 heterocycles. The number of alkyl carbamates (subject to hydrolysis) is 1. The summed E-state index contributed by atoms with van der Waals surface area (Å²) in [7, 11) is 0. The molecule has 106 valence electrons. The van der Waals surface area contributed by atoms with E-state index in [-0.39, 0.29) is 6.04 Å². The number of nitrogens with zero attached hydrogens (tertiary/aromatic N) is 1. The third kappa shape index (κ3) is 2.93. The van der Waals surface area contributed by atoms with Gasteiger partial charge in [0.2, 0.25) is 0 Å². The van der Waals surface area contributed by atoms with E-state index in [2.05, 4.69) is 11.4 Å². The van der Waals surface area contributed by atoms with Crippen LogP contribution in [0.5, 0.6) is 0 Å². The average Bonchev–Trinajstić information content (AvgIpc) is 2.71. The monoisotopic (exact) mass is 272 g/mol. The molecule has 0 saturated carbocycles. The number of hydrogen-bond acceptors (Lipinski definition) is 3. The number of nitrogens with one attached hydrogen (secondary N) is 1. The molecule has 1 amide bonds. The molecule has 4 nitrogen and oxygen atoms in total. The Bertz CT molecular complexity index is 579. The fourth-order valence-corrected chi connectivity index (χ4v) is 2.60. The van der Waals surface area contributed by atoms with Crippen LogP contribution in [0.4, 0.5) is 4.79 Å². The fourth-order valence-electron chi connectivity index (χ4n) is 2.60. The van der Waals surface area contributed by atoms with E-state index in [4.69, 9.17) is 10.00 Å². The van der Waals surface area contributed by atoms with Crippen molar-refractivity contribution in [2.45, 2.75) is 52.2 Å². The Hall–Kier alpha value is -2.02. The van der Waals surface area contributed by atoms with Crippen LogP contribution in [0.3, 0.4) is 0 Å². The predicted molar refractivity (Wildman–Crippen MR) is 76.3 cm³/mol. The molecule has 0 bridgehead atoms.